The van der Waals surface area contributed by atoms with E-state index in [0.29, 0.717) is 5.92 Å². The van der Waals surface area contributed by atoms with Crippen LogP contribution in [0.1, 0.15) is 111 Å². The van der Waals surface area contributed by atoms with Crippen LogP contribution >= 0.6 is 0 Å². The van der Waals surface area contributed by atoms with Crippen molar-refractivity contribution in [1.29, 1.82) is 0 Å². The minimum atomic E-state index is 0. The summed E-state index contributed by atoms with van der Waals surface area (Å²) in [5.74, 6) is 1.49. The second-order valence-corrected chi connectivity index (χ2v) is 5.00. The van der Waals surface area contributed by atoms with Gasteiger partial charge in [0.25, 0.3) is 0 Å². The lowest BCUT2D eigenvalue weighted by Crippen LogP contribution is -1.83. The van der Waals surface area contributed by atoms with E-state index in [0.717, 1.165) is 5.92 Å². The molecule has 0 saturated heterocycles. The lowest BCUT2D eigenvalue weighted by atomic mass is 10.0. The first-order valence-corrected chi connectivity index (χ1v) is 6.50. The molecule has 0 aromatic heterocycles. The summed E-state index contributed by atoms with van der Waals surface area (Å²) in [5, 5.41) is 0. The maximum Gasteiger partial charge on any atom is -0.0219 e. The third-order valence-electron chi connectivity index (χ3n) is 1.47. The lowest BCUT2D eigenvalue weighted by molar-refractivity contribution is 0.737. The van der Waals surface area contributed by atoms with Crippen LogP contribution in [0, 0.1) is 5.92 Å². The fraction of sp³-hybridized carbons (Fsp3) is 0.727. The highest BCUT2D eigenvalue weighted by Gasteiger charge is 1.93. The minimum absolute atomic E-state index is 0. The summed E-state index contributed by atoms with van der Waals surface area (Å²) in [4.78, 5) is 0. The molecule has 0 aliphatic heterocycles. The second kappa shape index (κ2) is 36.9. The second-order valence-electron chi connectivity index (χ2n) is 5.00. The Bertz CT molecular complexity index is 206. The predicted molar refractivity (Wildman–Crippen MR) is 117 cm³/mol. The van der Waals surface area contributed by atoms with E-state index < -0.39 is 0 Å². The third kappa shape index (κ3) is 50.7. The molecule has 0 aliphatic rings. The molecule has 0 spiro atoms. The molecule has 142 valence electrons. The van der Waals surface area contributed by atoms with Crippen LogP contribution in [0.3, 0.4) is 0 Å². The van der Waals surface area contributed by atoms with Crippen molar-refractivity contribution in [2.24, 2.45) is 5.92 Å². The molecule has 0 atom stereocenters. The van der Waals surface area contributed by atoms with Crippen LogP contribution in [0.25, 0.3) is 0 Å². The molecule has 1 rings (SSSR count). The summed E-state index contributed by atoms with van der Waals surface area (Å²) in [6, 6.07) is 10.5. The van der Waals surface area contributed by atoms with E-state index in [1.165, 1.54) is 12.0 Å². The summed E-state index contributed by atoms with van der Waals surface area (Å²) < 4.78 is 0. The minimum Gasteiger partial charge on any atom is -0.0776 e. The van der Waals surface area contributed by atoms with Gasteiger partial charge in [0.15, 0.2) is 0 Å². The van der Waals surface area contributed by atoms with E-state index in [-0.39, 0.29) is 44.6 Å². The first kappa shape index (κ1) is 49.6. The van der Waals surface area contributed by atoms with Crippen molar-refractivity contribution >= 4 is 0 Å². The van der Waals surface area contributed by atoms with Crippen LogP contribution in [-0.4, -0.2) is 0 Å². The van der Waals surface area contributed by atoms with E-state index in [4.69, 9.17) is 0 Å². The fourth-order valence-corrected chi connectivity index (χ4v) is 0.838. The molecule has 0 heterocycles. The maximum absolute atomic E-state index is 2.20. The molecular formula is C22H54. The van der Waals surface area contributed by atoms with Gasteiger partial charge in [0.2, 0.25) is 0 Å². The molecule has 0 N–H and O–H groups in total. The summed E-state index contributed by atoms with van der Waals surface area (Å²) in [6.07, 6.45) is 1.25. The number of hydrogen-bond acceptors (Lipinski definition) is 0. The maximum atomic E-state index is 2.20. The van der Waals surface area contributed by atoms with Gasteiger partial charge in [0.1, 0.15) is 0 Å². The third-order valence-corrected chi connectivity index (χ3v) is 1.47. The van der Waals surface area contributed by atoms with Crippen molar-refractivity contribution in [3.05, 3.63) is 35.9 Å². The largest absolute Gasteiger partial charge is 0.0776 e. The Labute approximate surface area is 147 Å². The van der Waals surface area contributed by atoms with Crippen LogP contribution in [0.4, 0.5) is 0 Å². The van der Waals surface area contributed by atoms with Gasteiger partial charge in [-0.05, 0) is 17.4 Å². The topological polar surface area (TPSA) is 0 Å². The van der Waals surface area contributed by atoms with E-state index in [1.54, 1.807) is 0 Å². The zero-order valence-corrected chi connectivity index (χ0v) is 12.2. The van der Waals surface area contributed by atoms with Gasteiger partial charge in [0, 0.05) is 0 Å². The summed E-state index contributed by atoms with van der Waals surface area (Å²) in [5.41, 5.74) is 1.41. The van der Waals surface area contributed by atoms with Crippen LogP contribution in [-0.2, 0) is 0 Å². The van der Waals surface area contributed by atoms with Crippen LogP contribution in [0.15, 0.2) is 30.3 Å². The zero-order chi connectivity index (χ0) is 13.0. The highest BCUT2D eigenvalue weighted by molar-refractivity contribution is 5.17. The highest BCUT2D eigenvalue weighted by atomic mass is 14.0. The Morgan fingerprint density at radius 3 is 1.00 bits per heavy atom. The predicted octanol–water partition coefficient (Wildman–Crippen LogP) is 9.71. The quantitative estimate of drug-likeness (QED) is 0.483. The van der Waals surface area contributed by atoms with Crippen molar-refractivity contribution in [2.75, 3.05) is 0 Å². The first-order valence-electron chi connectivity index (χ1n) is 6.50. The molecule has 0 heteroatoms. The number of benzene rings is 1. The van der Waals surface area contributed by atoms with Gasteiger partial charge in [0.05, 0.1) is 0 Å². The Morgan fingerprint density at radius 2 is 0.864 bits per heavy atom. The van der Waals surface area contributed by atoms with E-state index in [1.807, 2.05) is 6.07 Å². The Balaban J connectivity index is -0.0000000225. The van der Waals surface area contributed by atoms with Gasteiger partial charge in [-0.15, -0.1) is 0 Å². The molecule has 0 bridgehead atoms. The summed E-state index contributed by atoms with van der Waals surface area (Å²) >= 11 is 0. The van der Waals surface area contributed by atoms with E-state index >= 15 is 0 Å². The van der Waals surface area contributed by atoms with Gasteiger partial charge in [-0.25, -0.2) is 0 Å². The summed E-state index contributed by atoms with van der Waals surface area (Å²) in [7, 11) is 0. The lowest BCUT2D eigenvalue weighted by Gasteiger charge is -2.01. The van der Waals surface area contributed by atoms with Crippen molar-refractivity contribution in [1.82, 2.24) is 0 Å². The molecule has 0 amide bonds. The Hall–Kier alpha value is -0.780. The zero-order valence-electron chi connectivity index (χ0n) is 12.2. The van der Waals surface area contributed by atoms with Crippen molar-refractivity contribution in [3.8, 4) is 0 Å². The molecule has 22 heavy (non-hydrogen) atoms. The van der Waals surface area contributed by atoms with Crippen LogP contribution in [0.2, 0.25) is 0 Å². The van der Waals surface area contributed by atoms with Crippen molar-refractivity contribution in [3.63, 3.8) is 0 Å². The van der Waals surface area contributed by atoms with Crippen molar-refractivity contribution in [2.45, 2.75) is 105 Å². The van der Waals surface area contributed by atoms with Gasteiger partial charge in [-0.1, -0.05) is 130 Å². The molecule has 1 aromatic carbocycles. The normalized spacial score (nSPS) is 6.59. The highest BCUT2D eigenvalue weighted by Crippen LogP contribution is 2.11. The van der Waals surface area contributed by atoms with Gasteiger partial charge in [-0.3, -0.25) is 0 Å². The number of rotatable bonds is 1. The van der Waals surface area contributed by atoms with Crippen LogP contribution in [0.5, 0.6) is 0 Å². The molecule has 0 aliphatic carbocycles. The Morgan fingerprint density at radius 1 is 0.636 bits per heavy atom. The van der Waals surface area contributed by atoms with Crippen LogP contribution < -0.4 is 0 Å². The SMILES string of the molecule is C.C.C.C.C.C.CC(C)C.CC(C)c1ccccc1.CCC. The molecule has 0 fully saturated rings. The Kier molecular flexibility index (Phi) is 83.4. The average Bonchev–Trinajstić information content (AvgIpc) is 2.19. The fourth-order valence-electron chi connectivity index (χ4n) is 0.838. The van der Waals surface area contributed by atoms with E-state index in [9.17, 15) is 0 Å². The summed E-state index contributed by atoms with van der Waals surface area (Å²) in [6.45, 7) is 15.2. The van der Waals surface area contributed by atoms with Crippen molar-refractivity contribution < 1.29 is 0 Å². The monoisotopic (exact) mass is 318 g/mol. The van der Waals surface area contributed by atoms with Gasteiger partial charge in [-0.2, -0.15) is 0 Å². The molecule has 0 radical (unpaired) electrons. The number of hydrogen-bond donors (Lipinski definition) is 0. The molecule has 1 aromatic rings. The molecule has 0 saturated carbocycles. The molecular weight excluding hydrogens is 264 g/mol. The van der Waals surface area contributed by atoms with E-state index in [2.05, 4.69) is 72.7 Å². The average molecular weight is 319 g/mol. The molecule has 0 nitrogen and oxygen atoms in total. The standard InChI is InChI=1S/C9H12.C4H10.C3H8.6CH4/c1-8(2)9-6-4-3-5-7-9;1-4(2)3;1-3-2;;;;;;/h3-8H,1-2H3;4H,1-3H3;3H2,1-2H3;6*1H4. The molecule has 0 unspecified atom stereocenters. The van der Waals surface area contributed by atoms with Gasteiger partial charge < -0.3 is 0 Å². The first-order chi connectivity index (χ1) is 7.45. The smallest absolute Gasteiger partial charge is 0.0219 e. The van der Waals surface area contributed by atoms with Gasteiger partial charge >= 0.3 is 0 Å².